The van der Waals surface area contributed by atoms with Crippen molar-refractivity contribution in [3.05, 3.63) is 77.6 Å². The topological polar surface area (TPSA) is 160 Å². The lowest BCUT2D eigenvalue weighted by Gasteiger charge is -2.37. The van der Waals surface area contributed by atoms with Crippen LogP contribution in [0.5, 0.6) is 0 Å². The van der Waals surface area contributed by atoms with Gasteiger partial charge in [0.05, 0.1) is 41.7 Å². The van der Waals surface area contributed by atoms with E-state index in [-0.39, 0.29) is 54.4 Å². The van der Waals surface area contributed by atoms with Gasteiger partial charge in [-0.1, -0.05) is 58.0 Å². The number of benzene rings is 2. The number of methoxy groups -OCH3 is 1. The van der Waals surface area contributed by atoms with Crippen molar-refractivity contribution in [1.29, 1.82) is 0 Å². The number of pyridine rings is 1. The molecule has 4 heterocycles. The van der Waals surface area contributed by atoms with Crippen LogP contribution in [0, 0.1) is 23.2 Å². The zero-order valence-electron chi connectivity index (χ0n) is 42.4. The van der Waals surface area contributed by atoms with Gasteiger partial charge in [0.1, 0.15) is 18.1 Å². The van der Waals surface area contributed by atoms with Gasteiger partial charge in [-0.15, -0.1) is 0 Å². The maximum absolute atomic E-state index is 14.8. The highest BCUT2D eigenvalue weighted by molar-refractivity contribution is 5.96. The lowest BCUT2D eigenvalue weighted by atomic mass is 9.78. The molecule has 6 atom stereocenters. The third-order valence-electron chi connectivity index (χ3n) is 15.9. The quantitative estimate of drug-likeness (QED) is 0.112. The van der Waals surface area contributed by atoms with Crippen molar-refractivity contribution in [2.75, 3.05) is 27.3 Å². The summed E-state index contributed by atoms with van der Waals surface area (Å²) in [6.45, 7) is 13.5. The van der Waals surface area contributed by atoms with Crippen LogP contribution in [-0.4, -0.2) is 106 Å². The highest BCUT2D eigenvalue weighted by Gasteiger charge is 2.50. The Bertz CT molecular complexity index is 2690. The number of nitrogens with zero attached hydrogens (tertiary/aromatic N) is 6. The predicted octanol–water partition coefficient (Wildman–Crippen LogP) is 8.51. The maximum Gasteiger partial charge on any atom is 0.324 e. The first-order valence-corrected chi connectivity index (χ1v) is 25.8. The number of hydrogen-bond acceptors (Lipinski definition) is 10. The summed E-state index contributed by atoms with van der Waals surface area (Å²) in [4.78, 5) is 73.5. The Morgan fingerprint density at radius 1 is 1.04 bits per heavy atom. The van der Waals surface area contributed by atoms with Crippen LogP contribution in [0.15, 0.2) is 70.8 Å². The minimum atomic E-state index is -1.01. The molecule has 2 aromatic carbocycles. The van der Waals surface area contributed by atoms with Crippen molar-refractivity contribution in [3.63, 3.8) is 0 Å². The van der Waals surface area contributed by atoms with E-state index in [1.54, 1.807) is 25.3 Å². The Balaban J connectivity index is 1.03. The number of amides is 3. The van der Waals surface area contributed by atoms with Crippen LogP contribution >= 0.6 is 0 Å². The number of carbonyl (C=O) groups is 4. The number of nitrogens with one attached hydrogen (secondary N) is 2. The largest absolute Gasteiger partial charge is 0.464 e. The van der Waals surface area contributed by atoms with Gasteiger partial charge >= 0.3 is 5.97 Å². The number of aliphatic imine (C=N–C) groups is 2. The van der Waals surface area contributed by atoms with Gasteiger partial charge in [0, 0.05) is 67.7 Å². The van der Waals surface area contributed by atoms with Crippen LogP contribution < -0.4 is 10.7 Å². The van der Waals surface area contributed by atoms with Crippen LogP contribution in [0.25, 0.3) is 33.3 Å². The lowest BCUT2D eigenvalue weighted by molar-refractivity contribution is -0.155. The Hall–Kier alpha value is -5.69. The summed E-state index contributed by atoms with van der Waals surface area (Å²) < 4.78 is 14.3. The monoisotopic (exact) mass is 953 g/mol. The first-order chi connectivity index (χ1) is 33.6. The molecule has 1 saturated heterocycles. The number of aromatic nitrogens is 2. The molecular formula is C56H72N8O6. The van der Waals surface area contributed by atoms with Crippen LogP contribution in [0.1, 0.15) is 122 Å². The highest BCUT2D eigenvalue weighted by atomic mass is 16.5. The van der Waals surface area contributed by atoms with E-state index in [0.717, 1.165) is 81.7 Å². The van der Waals surface area contributed by atoms with Gasteiger partial charge < -0.3 is 24.3 Å². The smallest absolute Gasteiger partial charge is 0.324 e. The summed E-state index contributed by atoms with van der Waals surface area (Å²) in [5.41, 5.74) is 10.7. The van der Waals surface area contributed by atoms with Gasteiger partial charge in [0.2, 0.25) is 11.8 Å². The number of carbonyl (C=O) groups excluding carboxylic acids is 4. The molecule has 5 fully saturated rings. The third kappa shape index (κ3) is 9.97. The second-order valence-electron chi connectivity index (χ2n) is 22.0. The van der Waals surface area contributed by atoms with E-state index < -0.39 is 35.4 Å². The Morgan fingerprint density at radius 3 is 2.59 bits per heavy atom. The number of likely N-dealkylation sites (N-methyl/N-ethyl adjacent to an activating group) is 1. The minimum absolute atomic E-state index is 0.0276. The summed E-state index contributed by atoms with van der Waals surface area (Å²) in [5, 5.41) is 5.70. The average molecular weight is 953 g/mol. The molecule has 10 rings (SSSR count). The van der Waals surface area contributed by atoms with Crippen LogP contribution in [0.2, 0.25) is 0 Å². The van der Waals surface area contributed by atoms with Crippen molar-refractivity contribution in [2.45, 2.75) is 155 Å². The Labute approximate surface area is 413 Å². The number of hydrazine groups is 1. The molecule has 70 heavy (non-hydrogen) atoms. The summed E-state index contributed by atoms with van der Waals surface area (Å²) in [6, 6.07) is 19.2. The minimum Gasteiger partial charge on any atom is -0.464 e. The fourth-order valence-corrected chi connectivity index (χ4v) is 12.2. The summed E-state index contributed by atoms with van der Waals surface area (Å²) in [6.07, 6.45) is 10.1. The fraction of sp³-hybridized carbons (Fsp3) is 0.571. The zero-order valence-corrected chi connectivity index (χ0v) is 42.4. The first kappa shape index (κ1) is 49.3. The molecule has 372 valence electrons. The molecule has 14 heteroatoms. The number of ether oxygens (including phenoxy) is 2. The van der Waals surface area contributed by atoms with E-state index in [1.165, 1.54) is 11.4 Å². The predicted molar refractivity (Wildman–Crippen MR) is 271 cm³/mol. The van der Waals surface area contributed by atoms with E-state index in [0.29, 0.717) is 45.2 Å². The van der Waals surface area contributed by atoms with Gasteiger partial charge in [-0.2, -0.15) is 0 Å². The summed E-state index contributed by atoms with van der Waals surface area (Å²) >= 11 is 0. The van der Waals surface area contributed by atoms with Gasteiger partial charge in [0.15, 0.2) is 0 Å². The molecular weight excluding hydrogens is 881 g/mol. The SMILES string of the molecule is CCn1c(-c2cccnc2[C@H](C)OC)c2c3cc(ccc31)-c1cccc(c1)C[C@H](NC(=O)[C@H](C(C)C)N(C)C(=O)[C@H]1CC[C@H](N=C=NC34CCC(C3)C4)C1)C(=O)N1CCC[C@H](N1)C(=O)OCC(C)(C)C2. The fourth-order valence-electron chi connectivity index (χ4n) is 12.2. The molecule has 4 saturated carbocycles. The van der Waals surface area contributed by atoms with Crippen molar-refractivity contribution in [1.82, 2.24) is 30.2 Å². The summed E-state index contributed by atoms with van der Waals surface area (Å²) in [7, 11) is 3.40. The lowest BCUT2D eigenvalue weighted by Crippen LogP contribution is -2.62. The number of rotatable bonds is 11. The van der Waals surface area contributed by atoms with Crippen LogP contribution in [-0.2, 0) is 48.0 Å². The number of aryl methyl sites for hydroxylation is 1. The van der Waals surface area contributed by atoms with Gasteiger partial charge in [0.25, 0.3) is 5.91 Å². The van der Waals surface area contributed by atoms with E-state index in [1.807, 2.05) is 39.0 Å². The Kier molecular flexibility index (Phi) is 14.2. The molecule has 14 nitrogen and oxygen atoms in total. The first-order valence-electron chi connectivity index (χ1n) is 25.8. The molecule has 6 aliphatic rings. The van der Waals surface area contributed by atoms with E-state index in [4.69, 9.17) is 19.5 Å². The average Bonchev–Trinajstić information content (AvgIpc) is 4.15. The zero-order chi connectivity index (χ0) is 49.5. The second-order valence-corrected chi connectivity index (χ2v) is 22.0. The van der Waals surface area contributed by atoms with Gasteiger partial charge in [-0.25, -0.2) is 15.4 Å². The van der Waals surface area contributed by atoms with Crippen molar-refractivity contribution in [2.24, 2.45) is 33.2 Å². The van der Waals surface area contributed by atoms with Crippen molar-refractivity contribution in [3.8, 4) is 22.4 Å². The molecule has 0 spiro atoms. The number of hydrogen-bond donors (Lipinski definition) is 2. The van der Waals surface area contributed by atoms with Gasteiger partial charge in [-0.05, 0) is 136 Å². The molecule has 0 radical (unpaired) electrons. The van der Waals surface area contributed by atoms with E-state index in [9.17, 15) is 19.2 Å². The van der Waals surface area contributed by atoms with Gasteiger partial charge in [-0.3, -0.25) is 29.2 Å². The number of esters is 1. The molecule has 4 aliphatic carbocycles. The molecule has 2 aromatic heterocycles. The molecule has 2 aliphatic heterocycles. The van der Waals surface area contributed by atoms with Crippen molar-refractivity contribution < 1.29 is 28.7 Å². The van der Waals surface area contributed by atoms with E-state index >= 15 is 0 Å². The number of cyclic esters (lactones) is 1. The Morgan fingerprint density at radius 2 is 1.84 bits per heavy atom. The number of fused-ring (bicyclic) bond motifs is 7. The molecule has 3 amide bonds. The van der Waals surface area contributed by atoms with Crippen LogP contribution in [0.4, 0.5) is 0 Å². The molecule has 4 aromatic rings. The standard InChI is InChI=1S/C56H72N8O6/c1-9-63-47-20-18-39-28-43(47)44(50(63)42-15-11-23-57-48(42)35(4)69-8)31-55(5,6)32-70-54(68)45-16-12-24-64(61-45)53(67)46(26-36-13-10-14-38(39)25-36)60-51(65)49(34(2)3)62(7)52(66)40-17-19-41(27-40)58-33-59-56-22-21-37(29-56)30-56/h10-11,13-15,18,20,23,25,28,34-35,37,40-41,45-46,49,61H,9,12,16-17,19,21-22,24,26-27,29-32H2,1-8H3,(H,60,65)/t35-,37?,40-,41-,45-,46-,49-,56?/m0/s1. The summed E-state index contributed by atoms with van der Waals surface area (Å²) in [5.74, 6) is -1.01. The molecule has 8 bridgehead atoms. The molecule has 2 N–H and O–H groups in total. The molecule has 0 unspecified atom stereocenters. The van der Waals surface area contributed by atoms with Crippen molar-refractivity contribution >= 4 is 40.6 Å². The normalized spacial score (nSPS) is 26.1. The maximum atomic E-state index is 14.8. The second kappa shape index (κ2) is 20.2. The highest BCUT2D eigenvalue weighted by Crippen LogP contribution is 2.54. The third-order valence-corrected chi connectivity index (χ3v) is 15.9. The van der Waals surface area contributed by atoms with E-state index in [2.05, 4.69) is 83.5 Å². The van der Waals surface area contributed by atoms with Crippen LogP contribution in [0.3, 0.4) is 0 Å².